The summed E-state index contributed by atoms with van der Waals surface area (Å²) in [6.07, 6.45) is 0. The summed E-state index contributed by atoms with van der Waals surface area (Å²) in [5.41, 5.74) is 0.734. The fraction of sp³-hybridized carbons (Fsp3) is 0.300. The van der Waals surface area contributed by atoms with E-state index in [1.807, 2.05) is 20.8 Å². The van der Waals surface area contributed by atoms with Crippen LogP contribution in [0.1, 0.15) is 31.1 Å². The molecule has 0 aliphatic heterocycles. The van der Waals surface area contributed by atoms with Gasteiger partial charge in [0.2, 0.25) is 5.75 Å². The second kappa shape index (κ2) is 11.0. The number of nitro groups is 1. The van der Waals surface area contributed by atoms with Crippen LogP contribution >= 0.6 is 12.2 Å². The van der Waals surface area contributed by atoms with Gasteiger partial charge in [0, 0.05) is 23.4 Å². The number of benzene rings is 2. The van der Waals surface area contributed by atoms with Crippen LogP contribution in [-0.2, 0) is 0 Å². The maximum atomic E-state index is 12.7. The molecule has 0 saturated carbocycles. The number of nitrogens with one attached hydrogen (secondary N) is 2. The summed E-state index contributed by atoms with van der Waals surface area (Å²) in [6.45, 7) is 6.68. The van der Waals surface area contributed by atoms with Crippen LogP contribution in [0.15, 0.2) is 36.4 Å². The summed E-state index contributed by atoms with van der Waals surface area (Å²) < 4.78 is 16.8. The standard InChI is InChI=1S/C20H23N3O6S/c1-4-27-16-11-13(12-17(28-5-2)18(16)29-6-3)19(24)22-20(30)21-14-7-9-15(10-8-14)23(25)26/h7-12H,4-6H2,1-3H3,(H2,21,22,24,30). The SMILES string of the molecule is CCOc1cc(C(=O)NC(=S)Nc2ccc([N+](=O)[O-])cc2)cc(OCC)c1OCC. The van der Waals surface area contributed by atoms with Gasteiger partial charge in [0.15, 0.2) is 16.6 Å². The summed E-state index contributed by atoms with van der Waals surface area (Å²) in [5.74, 6) is 0.748. The number of amides is 1. The van der Waals surface area contributed by atoms with Gasteiger partial charge in [0.05, 0.1) is 24.7 Å². The number of rotatable bonds is 9. The summed E-state index contributed by atoms with van der Waals surface area (Å²) in [6, 6.07) is 8.77. The van der Waals surface area contributed by atoms with Gasteiger partial charge < -0.3 is 19.5 Å². The van der Waals surface area contributed by atoms with Crippen molar-refractivity contribution in [3.05, 3.63) is 52.1 Å². The molecule has 2 rings (SSSR count). The van der Waals surface area contributed by atoms with E-state index < -0.39 is 10.8 Å². The third-order valence-electron chi connectivity index (χ3n) is 3.73. The molecule has 0 bridgehead atoms. The molecule has 0 aromatic heterocycles. The van der Waals surface area contributed by atoms with Gasteiger partial charge in [0.1, 0.15) is 0 Å². The molecular formula is C20H23N3O6S. The molecule has 10 heteroatoms. The Hall–Kier alpha value is -3.40. The molecule has 0 heterocycles. The summed E-state index contributed by atoms with van der Waals surface area (Å²) in [7, 11) is 0. The van der Waals surface area contributed by atoms with E-state index in [-0.39, 0.29) is 16.4 Å². The first kappa shape index (κ1) is 22.9. The van der Waals surface area contributed by atoms with Gasteiger partial charge in [0.25, 0.3) is 11.6 Å². The van der Waals surface area contributed by atoms with Gasteiger partial charge >= 0.3 is 0 Å². The van der Waals surface area contributed by atoms with Gasteiger partial charge in [-0.25, -0.2) is 0 Å². The predicted molar refractivity (Wildman–Crippen MR) is 117 cm³/mol. The molecule has 0 aliphatic rings. The lowest BCUT2D eigenvalue weighted by Gasteiger charge is -2.17. The molecule has 0 aliphatic carbocycles. The minimum atomic E-state index is -0.498. The third-order valence-corrected chi connectivity index (χ3v) is 3.94. The number of thiocarbonyl (C=S) groups is 1. The number of non-ortho nitro benzene ring substituents is 1. The highest BCUT2D eigenvalue weighted by Crippen LogP contribution is 2.39. The maximum Gasteiger partial charge on any atom is 0.269 e. The van der Waals surface area contributed by atoms with Crippen molar-refractivity contribution in [2.24, 2.45) is 0 Å². The lowest BCUT2D eigenvalue weighted by atomic mass is 10.1. The first-order valence-electron chi connectivity index (χ1n) is 9.32. The Bertz CT molecular complexity index is 890. The van der Waals surface area contributed by atoms with Crippen LogP contribution in [-0.4, -0.2) is 35.8 Å². The van der Waals surface area contributed by atoms with Gasteiger partial charge in [-0.1, -0.05) is 0 Å². The third kappa shape index (κ3) is 6.05. The van der Waals surface area contributed by atoms with Crippen LogP contribution in [0.5, 0.6) is 17.2 Å². The maximum absolute atomic E-state index is 12.7. The van der Waals surface area contributed by atoms with E-state index in [0.29, 0.717) is 42.8 Å². The number of anilines is 1. The Kier molecular flexibility index (Phi) is 8.36. The van der Waals surface area contributed by atoms with E-state index >= 15 is 0 Å². The Morgan fingerprint density at radius 3 is 2.00 bits per heavy atom. The average Bonchev–Trinajstić information content (AvgIpc) is 2.70. The lowest BCUT2D eigenvalue weighted by molar-refractivity contribution is -0.384. The molecule has 0 spiro atoms. The second-order valence-electron chi connectivity index (χ2n) is 5.81. The van der Waals surface area contributed by atoms with Crippen LogP contribution in [0, 0.1) is 10.1 Å². The van der Waals surface area contributed by atoms with Crippen molar-refractivity contribution in [1.29, 1.82) is 0 Å². The van der Waals surface area contributed by atoms with E-state index in [4.69, 9.17) is 26.4 Å². The smallest absolute Gasteiger partial charge is 0.269 e. The molecule has 0 fully saturated rings. The Balaban J connectivity index is 2.18. The Morgan fingerprint density at radius 2 is 1.53 bits per heavy atom. The van der Waals surface area contributed by atoms with E-state index in [1.54, 1.807) is 12.1 Å². The van der Waals surface area contributed by atoms with Crippen LogP contribution in [0.25, 0.3) is 0 Å². The predicted octanol–water partition coefficient (Wildman–Crippen LogP) is 3.92. The first-order valence-corrected chi connectivity index (χ1v) is 9.73. The number of carbonyl (C=O) groups is 1. The van der Waals surface area contributed by atoms with Crippen LogP contribution < -0.4 is 24.8 Å². The van der Waals surface area contributed by atoms with Crippen molar-refractivity contribution in [2.75, 3.05) is 25.1 Å². The number of nitro benzene ring substituents is 1. The highest BCUT2D eigenvalue weighted by Gasteiger charge is 2.19. The zero-order valence-corrected chi connectivity index (χ0v) is 17.7. The van der Waals surface area contributed by atoms with Crippen molar-refractivity contribution >= 4 is 34.6 Å². The highest BCUT2D eigenvalue weighted by molar-refractivity contribution is 7.80. The van der Waals surface area contributed by atoms with Crippen LogP contribution in [0.3, 0.4) is 0 Å². The molecule has 0 unspecified atom stereocenters. The average molecular weight is 433 g/mol. The zero-order chi connectivity index (χ0) is 22.1. The number of hydrogen-bond acceptors (Lipinski definition) is 7. The molecule has 9 nitrogen and oxygen atoms in total. The van der Waals surface area contributed by atoms with Crippen molar-refractivity contribution in [3.63, 3.8) is 0 Å². The Labute approximate surface area is 179 Å². The molecule has 0 atom stereocenters. The quantitative estimate of drug-likeness (QED) is 0.348. The lowest BCUT2D eigenvalue weighted by Crippen LogP contribution is -2.34. The molecule has 2 aromatic rings. The molecule has 160 valence electrons. The van der Waals surface area contributed by atoms with Crippen LogP contribution in [0.4, 0.5) is 11.4 Å². The largest absolute Gasteiger partial charge is 0.490 e. The number of ether oxygens (including phenoxy) is 3. The Morgan fingerprint density at radius 1 is 1.00 bits per heavy atom. The normalized spacial score (nSPS) is 10.1. The van der Waals surface area contributed by atoms with Gasteiger partial charge in [-0.05, 0) is 57.3 Å². The van der Waals surface area contributed by atoms with E-state index in [9.17, 15) is 14.9 Å². The van der Waals surface area contributed by atoms with E-state index in [1.165, 1.54) is 24.3 Å². The van der Waals surface area contributed by atoms with E-state index in [2.05, 4.69) is 10.6 Å². The second-order valence-corrected chi connectivity index (χ2v) is 6.22. The topological polar surface area (TPSA) is 112 Å². The van der Waals surface area contributed by atoms with Crippen molar-refractivity contribution in [1.82, 2.24) is 5.32 Å². The minimum Gasteiger partial charge on any atom is -0.490 e. The van der Waals surface area contributed by atoms with Gasteiger partial charge in [-0.2, -0.15) is 0 Å². The molecule has 0 radical (unpaired) electrons. The molecular weight excluding hydrogens is 410 g/mol. The number of nitrogens with zero attached hydrogens (tertiary/aromatic N) is 1. The van der Waals surface area contributed by atoms with Crippen molar-refractivity contribution < 1.29 is 23.9 Å². The number of hydrogen-bond donors (Lipinski definition) is 2. The zero-order valence-electron chi connectivity index (χ0n) is 16.9. The van der Waals surface area contributed by atoms with Crippen LogP contribution in [0.2, 0.25) is 0 Å². The molecule has 2 N–H and O–H groups in total. The van der Waals surface area contributed by atoms with Crippen molar-refractivity contribution in [2.45, 2.75) is 20.8 Å². The molecule has 1 amide bonds. The number of carbonyl (C=O) groups excluding carboxylic acids is 1. The molecule has 30 heavy (non-hydrogen) atoms. The summed E-state index contributed by atoms with van der Waals surface area (Å²) in [5, 5.41) is 16.1. The summed E-state index contributed by atoms with van der Waals surface area (Å²) in [4.78, 5) is 22.9. The molecule has 0 saturated heterocycles. The monoisotopic (exact) mass is 433 g/mol. The first-order chi connectivity index (χ1) is 14.4. The minimum absolute atomic E-state index is 0.0404. The van der Waals surface area contributed by atoms with Gasteiger partial charge in [-0.3, -0.25) is 20.2 Å². The fourth-order valence-electron chi connectivity index (χ4n) is 2.52. The van der Waals surface area contributed by atoms with Crippen molar-refractivity contribution in [3.8, 4) is 17.2 Å². The fourth-order valence-corrected chi connectivity index (χ4v) is 2.73. The van der Waals surface area contributed by atoms with E-state index in [0.717, 1.165) is 0 Å². The van der Waals surface area contributed by atoms with Gasteiger partial charge in [-0.15, -0.1) is 0 Å². The molecule has 2 aromatic carbocycles. The summed E-state index contributed by atoms with van der Waals surface area (Å²) >= 11 is 5.17. The highest BCUT2D eigenvalue weighted by atomic mass is 32.1.